The first kappa shape index (κ1) is 15.5. The minimum absolute atomic E-state index is 0.0270. The van der Waals surface area contributed by atoms with Crippen molar-refractivity contribution >= 4 is 40.6 Å². The first-order valence-electron chi connectivity index (χ1n) is 6.61. The van der Waals surface area contributed by atoms with Crippen molar-refractivity contribution in [3.05, 3.63) is 29.3 Å². The van der Waals surface area contributed by atoms with Gasteiger partial charge < -0.3 is 9.84 Å². The van der Waals surface area contributed by atoms with Crippen molar-refractivity contribution in [3.8, 4) is 5.75 Å². The van der Waals surface area contributed by atoms with Crippen molar-refractivity contribution in [2.75, 3.05) is 7.11 Å². The van der Waals surface area contributed by atoms with E-state index in [1.54, 1.807) is 0 Å². The molecular weight excluding hydrogens is 331 g/mol. The van der Waals surface area contributed by atoms with Gasteiger partial charge in [-0.3, -0.25) is 14.4 Å². The lowest BCUT2D eigenvalue weighted by Gasteiger charge is -2.49. The highest BCUT2D eigenvalue weighted by atomic mass is 35.5. The number of carbonyl (C=O) groups excluding carboxylic acids is 3. The summed E-state index contributed by atoms with van der Waals surface area (Å²) in [6, 6.07) is 4.11. The molecule has 0 unspecified atom stereocenters. The fourth-order valence-electron chi connectivity index (χ4n) is 3.26. The monoisotopic (exact) mass is 342 g/mol. The molecule has 0 heterocycles. The Morgan fingerprint density at radius 3 is 2.55 bits per heavy atom. The Morgan fingerprint density at radius 1 is 1.23 bits per heavy atom. The third kappa shape index (κ3) is 1.67. The molecule has 1 fully saturated rings. The summed E-state index contributed by atoms with van der Waals surface area (Å²) in [5.41, 5.74) is -0.198. The number of benzene rings is 1. The van der Waals surface area contributed by atoms with Crippen LogP contribution in [-0.4, -0.2) is 45.4 Å². The van der Waals surface area contributed by atoms with Crippen LogP contribution in [0.1, 0.15) is 33.6 Å². The van der Waals surface area contributed by atoms with E-state index in [0.29, 0.717) is 0 Å². The van der Waals surface area contributed by atoms with E-state index >= 15 is 0 Å². The zero-order valence-corrected chi connectivity index (χ0v) is 13.1. The topological polar surface area (TPSA) is 80.7 Å². The number of rotatable bonds is 1. The Balaban J connectivity index is 2.33. The van der Waals surface area contributed by atoms with Gasteiger partial charge in [0, 0.05) is 25.5 Å². The molecule has 0 bridgehead atoms. The van der Waals surface area contributed by atoms with Crippen LogP contribution in [0.4, 0.5) is 0 Å². The van der Waals surface area contributed by atoms with E-state index < -0.39 is 27.4 Å². The Morgan fingerprint density at radius 2 is 1.91 bits per heavy atom. The second-order valence-corrected chi connectivity index (χ2v) is 6.76. The van der Waals surface area contributed by atoms with Gasteiger partial charge in [0.2, 0.25) is 0 Å². The van der Waals surface area contributed by atoms with Gasteiger partial charge >= 0.3 is 0 Å². The minimum Gasteiger partial charge on any atom is -0.507 e. The lowest BCUT2D eigenvalue weighted by atomic mass is 9.64. The van der Waals surface area contributed by atoms with Gasteiger partial charge in [0.15, 0.2) is 16.4 Å². The van der Waals surface area contributed by atoms with Gasteiger partial charge in [-0.25, -0.2) is 0 Å². The van der Waals surface area contributed by atoms with E-state index in [0.717, 1.165) is 0 Å². The molecule has 0 saturated heterocycles. The predicted octanol–water partition coefficient (Wildman–Crippen LogP) is 2.10. The average Bonchev–Trinajstić information content (AvgIpc) is 2.47. The van der Waals surface area contributed by atoms with Crippen LogP contribution >= 0.6 is 23.2 Å². The maximum Gasteiger partial charge on any atom is 0.193 e. The highest BCUT2D eigenvalue weighted by molar-refractivity contribution is 6.56. The number of fused-ring (bicyclic) bond motifs is 2. The lowest BCUT2D eigenvalue weighted by Crippen LogP contribution is -2.69. The number of Topliss-reactive ketones (excluding diaryl/α,β-unsaturated/α-hetero) is 3. The number of carbonyl (C=O) groups is 3. The van der Waals surface area contributed by atoms with Crippen LogP contribution in [0.15, 0.2) is 18.2 Å². The molecule has 3 rings (SSSR count). The quantitative estimate of drug-likeness (QED) is 0.790. The highest BCUT2D eigenvalue weighted by Gasteiger charge is 2.69. The van der Waals surface area contributed by atoms with Crippen LogP contribution in [0.2, 0.25) is 0 Å². The number of aromatic hydroxyl groups is 1. The van der Waals surface area contributed by atoms with Crippen LogP contribution in [0, 0.1) is 0 Å². The fourth-order valence-corrected chi connectivity index (χ4v) is 4.13. The molecule has 0 spiro atoms. The normalized spacial score (nSPS) is 34.3. The van der Waals surface area contributed by atoms with Gasteiger partial charge in [0.25, 0.3) is 0 Å². The summed E-state index contributed by atoms with van der Waals surface area (Å²) in [4.78, 5) is 33.8. The summed E-state index contributed by atoms with van der Waals surface area (Å²) >= 11 is 12.9. The van der Waals surface area contributed by atoms with Crippen LogP contribution < -0.4 is 0 Å². The summed E-state index contributed by atoms with van der Waals surface area (Å²) < 4.78 is 5.18. The Labute approximate surface area is 136 Å². The van der Waals surface area contributed by atoms with Gasteiger partial charge in [-0.2, -0.15) is 0 Å². The van der Waals surface area contributed by atoms with Crippen molar-refractivity contribution < 1.29 is 24.2 Å². The number of ketones is 3. The number of hydrogen-bond donors (Lipinski definition) is 1. The Hall–Kier alpha value is -1.43. The lowest BCUT2D eigenvalue weighted by molar-refractivity contribution is -0.125. The molecule has 2 aliphatic carbocycles. The molecule has 1 aromatic rings. The van der Waals surface area contributed by atoms with Crippen molar-refractivity contribution in [2.45, 2.75) is 28.7 Å². The first-order valence-corrected chi connectivity index (χ1v) is 7.37. The van der Waals surface area contributed by atoms with E-state index in [9.17, 15) is 19.5 Å². The standard InChI is InChI=1S/C15H12Cl2O5/c1-22-10-5-7(18)6-14(16)12(20)8-3-2-4-9(19)11(8)13(21)15(10,14)17/h2-4,10,19H,5-6H2,1H3/t10-,14+,15-/m1/s1. The van der Waals surface area contributed by atoms with Gasteiger partial charge in [0.1, 0.15) is 16.4 Å². The first-order chi connectivity index (χ1) is 10.3. The third-order valence-electron chi connectivity index (χ3n) is 4.36. The van der Waals surface area contributed by atoms with Gasteiger partial charge in [-0.15, -0.1) is 23.2 Å². The molecule has 1 saturated carbocycles. The zero-order chi connectivity index (χ0) is 16.3. The number of ether oxygens (including phenoxy) is 1. The molecule has 3 atom stereocenters. The molecule has 1 N–H and O–H groups in total. The third-order valence-corrected chi connectivity index (χ3v) is 5.80. The molecule has 0 amide bonds. The van der Waals surface area contributed by atoms with E-state index in [4.69, 9.17) is 27.9 Å². The van der Waals surface area contributed by atoms with Crippen molar-refractivity contribution in [3.63, 3.8) is 0 Å². The maximum absolute atomic E-state index is 12.9. The second-order valence-electron chi connectivity index (χ2n) is 5.51. The van der Waals surface area contributed by atoms with Crippen LogP contribution in [0.25, 0.3) is 0 Å². The van der Waals surface area contributed by atoms with Crippen molar-refractivity contribution in [2.24, 2.45) is 0 Å². The number of halogens is 2. The van der Waals surface area contributed by atoms with E-state index in [2.05, 4.69) is 0 Å². The van der Waals surface area contributed by atoms with Crippen LogP contribution in [-0.2, 0) is 9.53 Å². The van der Waals surface area contributed by atoms with Crippen molar-refractivity contribution in [1.29, 1.82) is 0 Å². The largest absolute Gasteiger partial charge is 0.507 e. The zero-order valence-electron chi connectivity index (χ0n) is 11.6. The molecule has 116 valence electrons. The number of phenolic OH excluding ortho intramolecular Hbond substituents is 1. The number of methoxy groups -OCH3 is 1. The molecule has 0 radical (unpaired) electrons. The predicted molar refractivity (Wildman–Crippen MR) is 79.0 cm³/mol. The summed E-state index contributed by atoms with van der Waals surface area (Å²) in [5.74, 6) is -2.00. The molecule has 22 heavy (non-hydrogen) atoms. The van der Waals surface area contributed by atoms with Gasteiger partial charge in [0.05, 0.1) is 11.7 Å². The van der Waals surface area contributed by atoms with Gasteiger partial charge in [-0.05, 0) is 6.07 Å². The van der Waals surface area contributed by atoms with Crippen molar-refractivity contribution in [1.82, 2.24) is 0 Å². The molecule has 0 aliphatic heterocycles. The molecule has 7 heteroatoms. The summed E-state index contributed by atoms with van der Waals surface area (Å²) in [6.07, 6.45) is -1.51. The van der Waals surface area contributed by atoms with E-state index in [1.807, 2.05) is 0 Å². The van der Waals surface area contributed by atoms with E-state index in [1.165, 1.54) is 25.3 Å². The number of hydrogen-bond acceptors (Lipinski definition) is 5. The molecular formula is C15H12Cl2O5. The van der Waals surface area contributed by atoms with Crippen LogP contribution in [0.3, 0.4) is 0 Å². The smallest absolute Gasteiger partial charge is 0.193 e. The minimum atomic E-state index is -1.93. The molecule has 1 aromatic carbocycles. The van der Waals surface area contributed by atoms with Crippen LogP contribution in [0.5, 0.6) is 5.75 Å². The maximum atomic E-state index is 12.9. The Bertz CT molecular complexity index is 716. The highest BCUT2D eigenvalue weighted by Crippen LogP contribution is 2.54. The Kier molecular flexibility index (Phi) is 3.36. The summed E-state index contributed by atoms with van der Waals surface area (Å²) in [7, 11) is 1.29. The number of alkyl halides is 2. The number of phenols is 1. The second kappa shape index (κ2) is 4.78. The SMILES string of the molecule is CO[C@@H]1CC(=O)C[C@]2(Cl)C(=O)c3cccc(O)c3C(=O)[C@]12Cl. The summed E-state index contributed by atoms with van der Waals surface area (Å²) in [6.45, 7) is 0. The molecule has 0 aromatic heterocycles. The molecule has 2 aliphatic rings. The summed E-state index contributed by atoms with van der Waals surface area (Å²) in [5, 5.41) is 9.96. The molecule has 5 nitrogen and oxygen atoms in total. The van der Waals surface area contributed by atoms with Gasteiger partial charge in [-0.1, -0.05) is 12.1 Å². The average molecular weight is 343 g/mol. The fraction of sp³-hybridized carbons (Fsp3) is 0.400. The van der Waals surface area contributed by atoms with E-state index in [-0.39, 0.29) is 35.5 Å².